The lowest BCUT2D eigenvalue weighted by molar-refractivity contribution is 0.0170. The molecule has 208 valence electrons. The zero-order valence-corrected chi connectivity index (χ0v) is 22.3. The van der Waals surface area contributed by atoms with Crippen LogP contribution in [0, 0.1) is 5.41 Å². The van der Waals surface area contributed by atoms with Crippen LogP contribution in [0.3, 0.4) is 0 Å². The Labute approximate surface area is 219 Å². The summed E-state index contributed by atoms with van der Waals surface area (Å²) in [5.74, 6) is 0. The minimum absolute atomic E-state index is 0.127. The molecule has 36 heavy (non-hydrogen) atoms. The Morgan fingerprint density at radius 1 is 0.806 bits per heavy atom. The average molecular weight is 532 g/mol. The van der Waals surface area contributed by atoms with Crippen molar-refractivity contribution in [1.29, 1.82) is 0 Å². The van der Waals surface area contributed by atoms with Gasteiger partial charge in [-0.05, 0) is 17.7 Å². The van der Waals surface area contributed by atoms with Gasteiger partial charge in [-0.2, -0.15) is 0 Å². The molecule has 8 N–H and O–H groups in total. The molecule has 0 aliphatic carbocycles. The molecule has 3 aliphatic heterocycles. The fourth-order valence-electron chi connectivity index (χ4n) is 3.98. The highest BCUT2D eigenvalue weighted by molar-refractivity contribution is 7.80. The molecule has 0 amide bonds. The predicted molar refractivity (Wildman–Crippen MR) is 144 cm³/mol. The second-order valence-corrected chi connectivity index (χ2v) is 9.76. The summed E-state index contributed by atoms with van der Waals surface area (Å²) in [4.78, 5) is 2.66. The van der Waals surface area contributed by atoms with Crippen LogP contribution in [0.2, 0.25) is 0 Å². The Kier molecular flexibility index (Phi) is 16.1. The minimum atomic E-state index is -0.311. The van der Waals surface area contributed by atoms with Crippen molar-refractivity contribution in [2.24, 2.45) is 10.5 Å². The summed E-state index contributed by atoms with van der Waals surface area (Å²) < 4.78 is 16.3. The number of hydrogen-bond donors (Lipinski definition) is 8. The number of thiocarbonyl (C=S) groups is 1. The zero-order valence-electron chi connectivity index (χ0n) is 21.5. The van der Waals surface area contributed by atoms with Crippen LogP contribution in [0.15, 0.2) is 5.11 Å². The zero-order chi connectivity index (χ0) is 25.8. The van der Waals surface area contributed by atoms with E-state index in [1.54, 1.807) is 0 Å². The molecule has 0 aromatic rings. The molecule has 3 heterocycles. The standard InChI is InChI=1S/C21H45N11O3S/c1-20-10-23-16-26-13-21(14-27-17-24-11-20,15-28-18-25-12-20)31-19(36)29-2-4-33-6-8-35-9-7-34-5-3-30-32-22/h23-28H,2-18H2,1H3,(H2,29,31,36). The Bertz CT molecular complexity index is 616. The molecule has 3 aliphatic rings. The van der Waals surface area contributed by atoms with Gasteiger partial charge in [0.05, 0.1) is 45.2 Å². The number of ether oxygens (including phenoxy) is 3. The molecular formula is C21H45N11O3S. The molecule has 3 rings (SSSR count). The van der Waals surface area contributed by atoms with Gasteiger partial charge in [0.25, 0.3) is 0 Å². The van der Waals surface area contributed by atoms with Gasteiger partial charge >= 0.3 is 0 Å². The van der Waals surface area contributed by atoms with Crippen molar-refractivity contribution in [3.8, 4) is 0 Å². The topological polar surface area (TPSA) is 173 Å². The van der Waals surface area contributed by atoms with Gasteiger partial charge in [-0.3, -0.25) is 0 Å². The number of fused-ring (bicyclic) bond motifs is 12. The summed E-state index contributed by atoms with van der Waals surface area (Å²) >= 11 is 5.61. The van der Waals surface area contributed by atoms with Crippen molar-refractivity contribution in [2.75, 3.05) is 112 Å². The third kappa shape index (κ3) is 13.8. The highest BCUT2D eigenvalue weighted by atomic mass is 32.1. The SMILES string of the molecule is CC12CNCNCC(NC(=S)NCCOCCOCCOCCN=[N+]=[N-])(CNCNC1)CNCNC2. The van der Waals surface area contributed by atoms with E-state index in [4.69, 9.17) is 32.0 Å². The highest BCUT2D eigenvalue weighted by Gasteiger charge is 2.32. The van der Waals surface area contributed by atoms with E-state index in [-0.39, 0.29) is 11.0 Å². The van der Waals surface area contributed by atoms with Gasteiger partial charge in [-0.1, -0.05) is 12.0 Å². The molecule has 14 nitrogen and oxygen atoms in total. The van der Waals surface area contributed by atoms with Gasteiger partial charge < -0.3 is 56.7 Å². The first-order valence-corrected chi connectivity index (χ1v) is 13.0. The van der Waals surface area contributed by atoms with E-state index >= 15 is 0 Å². The van der Waals surface area contributed by atoms with Gasteiger partial charge in [0.2, 0.25) is 0 Å². The third-order valence-corrected chi connectivity index (χ3v) is 6.10. The van der Waals surface area contributed by atoms with Crippen LogP contribution in [-0.4, -0.2) is 123 Å². The minimum Gasteiger partial charge on any atom is -0.379 e. The Morgan fingerprint density at radius 3 is 1.81 bits per heavy atom. The van der Waals surface area contributed by atoms with Gasteiger partial charge in [0.1, 0.15) is 0 Å². The van der Waals surface area contributed by atoms with Gasteiger partial charge in [-0.15, -0.1) is 0 Å². The summed E-state index contributed by atoms with van der Waals surface area (Å²) in [6, 6.07) is 0. The molecule has 0 unspecified atom stereocenters. The maximum absolute atomic E-state index is 8.18. The summed E-state index contributed by atoms with van der Waals surface area (Å²) in [5.41, 5.74) is 8.00. The van der Waals surface area contributed by atoms with E-state index in [1.807, 2.05) is 0 Å². The van der Waals surface area contributed by atoms with E-state index in [2.05, 4.69) is 59.5 Å². The van der Waals surface area contributed by atoms with Gasteiger partial charge in [0, 0.05) is 82.7 Å². The number of nitrogens with one attached hydrogen (secondary N) is 8. The van der Waals surface area contributed by atoms with E-state index in [1.165, 1.54) is 0 Å². The Balaban J connectivity index is 1.65. The van der Waals surface area contributed by atoms with E-state index in [9.17, 15) is 0 Å². The van der Waals surface area contributed by atoms with Gasteiger partial charge in [0.15, 0.2) is 5.11 Å². The summed E-state index contributed by atoms with van der Waals surface area (Å²) in [6.45, 7) is 13.2. The maximum atomic E-state index is 8.18. The molecule has 0 radical (unpaired) electrons. The summed E-state index contributed by atoms with van der Waals surface area (Å²) in [6.07, 6.45) is 0. The fourth-order valence-corrected chi connectivity index (χ4v) is 4.30. The van der Waals surface area contributed by atoms with Crippen LogP contribution in [0.1, 0.15) is 6.92 Å². The van der Waals surface area contributed by atoms with Crippen LogP contribution in [0.25, 0.3) is 10.4 Å². The molecule has 0 spiro atoms. The van der Waals surface area contributed by atoms with E-state index in [0.29, 0.717) is 57.8 Å². The Hall–Kier alpha value is -1.36. The second-order valence-electron chi connectivity index (χ2n) is 9.35. The van der Waals surface area contributed by atoms with Crippen LogP contribution in [-0.2, 0) is 14.2 Å². The van der Waals surface area contributed by atoms with Crippen LogP contribution in [0.4, 0.5) is 0 Å². The van der Waals surface area contributed by atoms with Gasteiger partial charge in [-0.25, -0.2) is 0 Å². The summed E-state index contributed by atoms with van der Waals surface area (Å²) in [7, 11) is 0. The molecule has 0 atom stereocenters. The molecule has 0 aromatic heterocycles. The second kappa shape index (κ2) is 18.8. The highest BCUT2D eigenvalue weighted by Crippen LogP contribution is 2.13. The lowest BCUT2D eigenvalue weighted by Gasteiger charge is -2.39. The van der Waals surface area contributed by atoms with Crippen LogP contribution >= 0.6 is 12.2 Å². The quantitative estimate of drug-likeness (QED) is 0.0432. The van der Waals surface area contributed by atoms with Crippen molar-refractivity contribution < 1.29 is 14.2 Å². The molecule has 0 saturated carbocycles. The van der Waals surface area contributed by atoms with Crippen molar-refractivity contribution in [3.05, 3.63) is 10.4 Å². The third-order valence-electron chi connectivity index (χ3n) is 5.85. The smallest absolute Gasteiger partial charge is 0.166 e. The van der Waals surface area contributed by atoms with E-state index < -0.39 is 0 Å². The maximum Gasteiger partial charge on any atom is 0.166 e. The number of azide groups is 1. The van der Waals surface area contributed by atoms with Crippen LogP contribution < -0.4 is 42.5 Å². The van der Waals surface area contributed by atoms with Crippen molar-refractivity contribution in [2.45, 2.75) is 12.5 Å². The average Bonchev–Trinajstić information content (AvgIpc) is 2.84. The number of nitrogens with zero attached hydrogens (tertiary/aromatic N) is 3. The first-order valence-electron chi connectivity index (χ1n) is 12.6. The summed E-state index contributed by atoms with van der Waals surface area (Å²) in [5, 5.41) is 32.0. The first-order chi connectivity index (χ1) is 17.6. The number of rotatable bonds is 13. The fraction of sp³-hybridized carbons (Fsp3) is 0.952. The molecule has 2 bridgehead atoms. The Morgan fingerprint density at radius 2 is 1.28 bits per heavy atom. The van der Waals surface area contributed by atoms with Crippen molar-refractivity contribution >= 4 is 17.3 Å². The molecule has 0 aromatic carbocycles. The monoisotopic (exact) mass is 531 g/mol. The van der Waals surface area contributed by atoms with E-state index in [0.717, 1.165) is 59.3 Å². The van der Waals surface area contributed by atoms with Crippen molar-refractivity contribution in [1.82, 2.24) is 42.5 Å². The predicted octanol–water partition coefficient (Wildman–Crippen LogP) is -2.01. The lowest BCUT2D eigenvalue weighted by Crippen LogP contribution is -2.68. The lowest BCUT2D eigenvalue weighted by atomic mass is 9.90. The largest absolute Gasteiger partial charge is 0.379 e. The molecule has 15 heteroatoms. The normalized spacial score (nSPS) is 25.8. The van der Waals surface area contributed by atoms with Crippen molar-refractivity contribution in [3.63, 3.8) is 0 Å². The number of hydrogen-bond acceptors (Lipinski definition) is 11. The molecular weight excluding hydrogens is 486 g/mol. The first kappa shape index (κ1) is 30.9. The molecule has 3 fully saturated rings. The molecule has 3 saturated heterocycles. The van der Waals surface area contributed by atoms with Crippen LogP contribution in [0.5, 0.6) is 0 Å².